The quantitative estimate of drug-likeness (QED) is 0.273. The molecule has 2 heterocycles. The highest BCUT2D eigenvalue weighted by Crippen LogP contribution is 2.12. The van der Waals surface area contributed by atoms with Crippen molar-refractivity contribution in [3.05, 3.63) is 29.8 Å². The molecule has 13 nitrogen and oxygen atoms in total. The number of hydrogen-bond acceptors (Lipinski definition) is 9. The molecule has 0 radical (unpaired) electrons. The first-order valence-corrected chi connectivity index (χ1v) is 9.59. The van der Waals surface area contributed by atoms with E-state index in [2.05, 4.69) is 30.9 Å². The van der Waals surface area contributed by atoms with Gasteiger partial charge in [0, 0.05) is 30.4 Å². The lowest BCUT2D eigenvalue weighted by atomic mass is 10.1. The van der Waals surface area contributed by atoms with E-state index in [9.17, 15) is 19.2 Å². The van der Waals surface area contributed by atoms with Crippen LogP contribution in [-0.4, -0.2) is 76.6 Å². The number of carbonyl (C=O) groups is 4. The standard InChI is InChI=1S/C19H21N7O6/c20-19-25-15-14(17(30)26-19)23-11(8-22-15)7-21-10-3-1-9(2-4-10)16(29)24-12(18(31)32)5-6-13(27)28/h1-4,8,11-12,19,21H,5-7,20H2,(H,24,29)(H,26,30)(H,27,28)(H,31,32)/t11-,12-,19?/m0/s1. The number of aliphatic imine (C=N–C) groups is 3. The van der Waals surface area contributed by atoms with Gasteiger partial charge in [0.15, 0.2) is 17.8 Å². The van der Waals surface area contributed by atoms with Crippen LogP contribution in [0.3, 0.4) is 0 Å². The number of nitrogens with one attached hydrogen (secondary N) is 3. The minimum Gasteiger partial charge on any atom is -0.481 e. The molecule has 1 aromatic carbocycles. The molecule has 7 N–H and O–H groups in total. The van der Waals surface area contributed by atoms with Crippen LogP contribution < -0.4 is 21.7 Å². The number of hydrogen-bond donors (Lipinski definition) is 6. The van der Waals surface area contributed by atoms with Gasteiger partial charge in [-0.25, -0.2) is 14.8 Å². The summed E-state index contributed by atoms with van der Waals surface area (Å²) in [6, 6.07) is 4.51. The second-order valence-corrected chi connectivity index (χ2v) is 6.95. The minimum atomic E-state index is -1.31. The highest BCUT2D eigenvalue weighted by molar-refractivity contribution is 6.68. The maximum Gasteiger partial charge on any atom is 0.326 e. The molecule has 32 heavy (non-hydrogen) atoms. The molecule has 0 saturated carbocycles. The predicted molar refractivity (Wildman–Crippen MR) is 114 cm³/mol. The molecule has 0 saturated heterocycles. The molecule has 0 aromatic heterocycles. The zero-order valence-corrected chi connectivity index (χ0v) is 16.7. The fourth-order valence-electron chi connectivity index (χ4n) is 2.92. The number of nitrogens with zero attached hydrogens (tertiary/aromatic N) is 3. The number of aliphatic carboxylic acids is 2. The zero-order chi connectivity index (χ0) is 23.3. The van der Waals surface area contributed by atoms with Crippen molar-refractivity contribution in [2.45, 2.75) is 31.2 Å². The summed E-state index contributed by atoms with van der Waals surface area (Å²) in [6.45, 7) is 0.321. The van der Waals surface area contributed by atoms with E-state index >= 15 is 0 Å². The molecule has 0 fully saturated rings. The third-order valence-corrected chi connectivity index (χ3v) is 4.54. The van der Waals surface area contributed by atoms with Gasteiger partial charge < -0.3 is 26.2 Å². The van der Waals surface area contributed by atoms with Crippen molar-refractivity contribution in [2.75, 3.05) is 11.9 Å². The van der Waals surface area contributed by atoms with Crippen molar-refractivity contribution in [3.63, 3.8) is 0 Å². The van der Waals surface area contributed by atoms with E-state index in [0.29, 0.717) is 12.2 Å². The van der Waals surface area contributed by atoms with Crippen LogP contribution in [0.1, 0.15) is 23.2 Å². The number of carboxylic acids is 2. The predicted octanol–water partition coefficient (Wildman–Crippen LogP) is -1.19. The monoisotopic (exact) mass is 443 g/mol. The molecule has 2 amide bonds. The van der Waals surface area contributed by atoms with Crippen LogP contribution in [0.5, 0.6) is 0 Å². The maximum absolute atomic E-state index is 12.3. The van der Waals surface area contributed by atoms with E-state index in [-0.39, 0.29) is 30.0 Å². The number of fused-ring (bicyclic) bond motifs is 1. The van der Waals surface area contributed by atoms with Gasteiger partial charge >= 0.3 is 11.9 Å². The van der Waals surface area contributed by atoms with E-state index in [0.717, 1.165) is 0 Å². The van der Waals surface area contributed by atoms with Crippen molar-refractivity contribution in [1.82, 2.24) is 10.6 Å². The summed E-state index contributed by atoms with van der Waals surface area (Å²) < 4.78 is 0. The number of anilines is 1. The van der Waals surface area contributed by atoms with Gasteiger partial charge in [0.1, 0.15) is 12.1 Å². The molecule has 0 aliphatic carbocycles. The highest BCUT2D eigenvalue weighted by atomic mass is 16.4. The van der Waals surface area contributed by atoms with Gasteiger partial charge in [-0.2, -0.15) is 0 Å². The molecule has 13 heteroatoms. The molecule has 2 aliphatic heterocycles. The van der Waals surface area contributed by atoms with Crippen molar-refractivity contribution >= 4 is 47.2 Å². The van der Waals surface area contributed by atoms with Gasteiger partial charge in [-0.3, -0.25) is 25.1 Å². The van der Waals surface area contributed by atoms with Crippen molar-refractivity contribution in [1.29, 1.82) is 0 Å². The molecular formula is C19H21N7O6. The topological polar surface area (TPSA) is 208 Å². The summed E-state index contributed by atoms with van der Waals surface area (Å²) in [5, 5.41) is 25.7. The first-order valence-electron chi connectivity index (χ1n) is 9.59. The van der Waals surface area contributed by atoms with E-state index in [1.807, 2.05) is 0 Å². The Hall–Kier alpha value is -4.13. The molecule has 3 rings (SSSR count). The van der Waals surface area contributed by atoms with E-state index in [1.54, 1.807) is 18.3 Å². The van der Waals surface area contributed by atoms with Crippen LogP contribution in [0.25, 0.3) is 0 Å². The summed E-state index contributed by atoms with van der Waals surface area (Å²) in [7, 11) is 0. The van der Waals surface area contributed by atoms with E-state index in [1.165, 1.54) is 12.1 Å². The average molecular weight is 443 g/mol. The first-order chi connectivity index (χ1) is 15.2. The normalized spacial score (nSPS) is 20.2. The minimum absolute atomic E-state index is 0.115. The Balaban J connectivity index is 1.56. The van der Waals surface area contributed by atoms with Gasteiger partial charge in [-0.05, 0) is 30.7 Å². The summed E-state index contributed by atoms with van der Waals surface area (Å²) in [5.41, 5.74) is 6.55. The lowest BCUT2D eigenvalue weighted by Gasteiger charge is -2.22. The molecule has 0 bridgehead atoms. The molecule has 2 aliphatic rings. The maximum atomic E-state index is 12.3. The van der Waals surface area contributed by atoms with Crippen molar-refractivity contribution in [2.24, 2.45) is 20.7 Å². The molecule has 1 unspecified atom stereocenters. The van der Waals surface area contributed by atoms with E-state index < -0.39 is 42.1 Å². The third kappa shape index (κ3) is 5.72. The summed E-state index contributed by atoms with van der Waals surface area (Å²) >= 11 is 0. The fourth-order valence-corrected chi connectivity index (χ4v) is 2.92. The van der Waals surface area contributed by atoms with Crippen LogP contribution in [0.15, 0.2) is 39.2 Å². The number of carboxylic acid groups (broad SMARTS) is 2. The van der Waals surface area contributed by atoms with Crippen LogP contribution in [0.2, 0.25) is 0 Å². The van der Waals surface area contributed by atoms with Crippen LogP contribution in [0.4, 0.5) is 5.69 Å². The lowest BCUT2D eigenvalue weighted by molar-refractivity contribution is -0.140. The highest BCUT2D eigenvalue weighted by Gasteiger charge is 2.28. The van der Waals surface area contributed by atoms with Crippen LogP contribution in [-0.2, 0) is 14.4 Å². The Morgan fingerprint density at radius 1 is 1.16 bits per heavy atom. The lowest BCUT2D eigenvalue weighted by Crippen LogP contribution is -2.51. The van der Waals surface area contributed by atoms with Crippen LogP contribution >= 0.6 is 0 Å². The van der Waals surface area contributed by atoms with Gasteiger partial charge in [0.2, 0.25) is 0 Å². The Morgan fingerprint density at radius 2 is 1.88 bits per heavy atom. The Kier molecular flexibility index (Phi) is 6.90. The number of rotatable bonds is 9. The van der Waals surface area contributed by atoms with Gasteiger partial charge in [0.25, 0.3) is 11.8 Å². The molecule has 168 valence electrons. The van der Waals surface area contributed by atoms with Crippen LogP contribution in [0, 0.1) is 0 Å². The largest absolute Gasteiger partial charge is 0.481 e. The molecule has 3 atom stereocenters. The zero-order valence-electron chi connectivity index (χ0n) is 16.7. The fraction of sp³-hybridized carbons (Fsp3) is 0.316. The SMILES string of the molecule is NC1N=C2N=C[C@H](CNc3ccc(C(=O)N[C@@H](CCC(=O)O)C(=O)O)cc3)N=C2C(=O)N1. The van der Waals surface area contributed by atoms with Gasteiger partial charge in [-0.1, -0.05) is 0 Å². The Morgan fingerprint density at radius 3 is 2.53 bits per heavy atom. The second-order valence-electron chi connectivity index (χ2n) is 6.95. The Labute approximate surface area is 181 Å². The summed E-state index contributed by atoms with van der Waals surface area (Å²) in [5.74, 6) is -3.34. The smallest absolute Gasteiger partial charge is 0.326 e. The van der Waals surface area contributed by atoms with Crippen molar-refractivity contribution < 1.29 is 29.4 Å². The van der Waals surface area contributed by atoms with Crippen molar-refractivity contribution in [3.8, 4) is 0 Å². The average Bonchev–Trinajstić information content (AvgIpc) is 2.75. The molecule has 1 aromatic rings. The number of amides is 2. The first kappa shape index (κ1) is 22.6. The number of nitrogens with two attached hydrogens (primary N) is 1. The summed E-state index contributed by atoms with van der Waals surface area (Å²) in [4.78, 5) is 58.5. The van der Waals surface area contributed by atoms with Gasteiger partial charge in [-0.15, -0.1) is 0 Å². The van der Waals surface area contributed by atoms with Gasteiger partial charge in [0.05, 0.1) is 0 Å². The number of amidine groups is 1. The third-order valence-electron chi connectivity index (χ3n) is 4.54. The Bertz CT molecular complexity index is 1020. The summed E-state index contributed by atoms with van der Waals surface area (Å²) in [6.07, 6.45) is 0.0991. The molecular weight excluding hydrogens is 422 g/mol. The van der Waals surface area contributed by atoms with E-state index in [4.69, 9.17) is 15.9 Å². The number of benzene rings is 1. The second kappa shape index (κ2) is 9.78. The molecule has 0 spiro atoms. The number of carbonyl (C=O) groups excluding carboxylic acids is 2.